The number of rotatable bonds is 6. The van der Waals surface area contributed by atoms with Crippen molar-refractivity contribution < 1.29 is 14.4 Å². The largest absolute Gasteiger partial charge is 0.347 e. The van der Waals surface area contributed by atoms with Gasteiger partial charge in [-0.15, -0.1) is 0 Å². The van der Waals surface area contributed by atoms with Gasteiger partial charge in [0.15, 0.2) is 0 Å². The van der Waals surface area contributed by atoms with Gasteiger partial charge in [-0.2, -0.15) is 0 Å². The van der Waals surface area contributed by atoms with Crippen molar-refractivity contribution >= 4 is 23.5 Å². The van der Waals surface area contributed by atoms with E-state index in [4.69, 9.17) is 9.97 Å². The number of hydrogen-bond acceptors (Lipinski definition) is 5. The monoisotopic (exact) mass is 449 g/mol. The maximum atomic E-state index is 12.8. The molecule has 1 saturated heterocycles. The number of carbonyl (C=O) groups is 3. The lowest BCUT2D eigenvalue weighted by Gasteiger charge is -2.30. The maximum Gasteiger partial charge on any atom is 0.241 e. The first-order chi connectivity index (χ1) is 15.8. The van der Waals surface area contributed by atoms with E-state index in [-0.39, 0.29) is 30.2 Å². The van der Waals surface area contributed by atoms with Crippen molar-refractivity contribution in [2.24, 2.45) is 0 Å². The minimum absolute atomic E-state index is 0.00731. The van der Waals surface area contributed by atoms with Crippen LogP contribution in [0.5, 0.6) is 0 Å². The summed E-state index contributed by atoms with van der Waals surface area (Å²) in [6.07, 6.45) is 2.66. The van der Waals surface area contributed by atoms with E-state index in [0.717, 1.165) is 29.9 Å². The number of nitrogens with zero attached hydrogens (tertiary/aromatic N) is 4. The molecule has 3 heterocycles. The highest BCUT2D eigenvalue weighted by molar-refractivity contribution is 5.95. The fourth-order valence-electron chi connectivity index (χ4n) is 4.63. The van der Waals surface area contributed by atoms with E-state index in [1.807, 2.05) is 17.9 Å². The Balaban J connectivity index is 1.52. The van der Waals surface area contributed by atoms with Gasteiger partial charge < -0.3 is 10.2 Å². The lowest BCUT2D eigenvalue weighted by Crippen LogP contribution is -2.39. The molecule has 0 saturated carbocycles. The van der Waals surface area contributed by atoms with Crippen molar-refractivity contribution in [2.45, 2.75) is 52.4 Å². The molecule has 4 rings (SSSR count). The standard InChI is InChI=1S/C25H31N5O3/c1-16-5-4-6-19(13-16)9-12-30-22(32)8-7-21-17(2)27-24(28-25(21)30)20-10-11-29(15-20)23(33)14-26-18(3)31/h4-6,13,20H,7-12,14-15H2,1-3H3,(H,26,31). The highest BCUT2D eigenvalue weighted by atomic mass is 16.2. The lowest BCUT2D eigenvalue weighted by atomic mass is 10.0. The first kappa shape index (κ1) is 22.9. The van der Waals surface area contributed by atoms with E-state index in [2.05, 4.69) is 30.4 Å². The van der Waals surface area contributed by atoms with Gasteiger partial charge in [-0.25, -0.2) is 9.97 Å². The Morgan fingerprint density at radius 1 is 1.18 bits per heavy atom. The van der Waals surface area contributed by atoms with Crippen molar-refractivity contribution in [1.29, 1.82) is 0 Å². The molecule has 0 aliphatic carbocycles. The van der Waals surface area contributed by atoms with E-state index in [9.17, 15) is 14.4 Å². The van der Waals surface area contributed by atoms with Crippen molar-refractivity contribution in [3.05, 3.63) is 52.5 Å². The average molecular weight is 450 g/mol. The molecule has 2 aliphatic rings. The molecular formula is C25H31N5O3. The molecule has 3 amide bonds. The Kier molecular flexibility index (Phi) is 6.72. The molecule has 8 heteroatoms. The van der Waals surface area contributed by atoms with Crippen LogP contribution in [0.2, 0.25) is 0 Å². The van der Waals surface area contributed by atoms with Crippen LogP contribution in [-0.4, -0.2) is 58.8 Å². The van der Waals surface area contributed by atoms with Crippen LogP contribution in [0.1, 0.15) is 53.9 Å². The summed E-state index contributed by atoms with van der Waals surface area (Å²) < 4.78 is 0. The van der Waals surface area contributed by atoms with Gasteiger partial charge in [-0.05, 0) is 38.7 Å². The highest BCUT2D eigenvalue weighted by Gasteiger charge is 2.33. The van der Waals surface area contributed by atoms with Gasteiger partial charge in [-0.1, -0.05) is 29.8 Å². The van der Waals surface area contributed by atoms with E-state index in [0.29, 0.717) is 38.3 Å². The Bertz CT molecular complexity index is 1080. The van der Waals surface area contributed by atoms with Gasteiger partial charge in [0.25, 0.3) is 0 Å². The maximum absolute atomic E-state index is 12.8. The second kappa shape index (κ2) is 9.68. The zero-order valence-electron chi connectivity index (χ0n) is 19.6. The summed E-state index contributed by atoms with van der Waals surface area (Å²) in [5, 5.41) is 2.56. The Hall–Kier alpha value is -3.29. The molecule has 1 fully saturated rings. The van der Waals surface area contributed by atoms with Gasteiger partial charge in [-0.3, -0.25) is 19.3 Å². The van der Waals surface area contributed by atoms with Crippen LogP contribution in [0.3, 0.4) is 0 Å². The van der Waals surface area contributed by atoms with Gasteiger partial charge in [0.05, 0.1) is 6.54 Å². The third-order valence-electron chi connectivity index (χ3n) is 6.46. The van der Waals surface area contributed by atoms with E-state index < -0.39 is 0 Å². The number of benzene rings is 1. The first-order valence-electron chi connectivity index (χ1n) is 11.6. The number of amides is 3. The van der Waals surface area contributed by atoms with Gasteiger partial charge in [0.2, 0.25) is 17.7 Å². The third-order valence-corrected chi connectivity index (χ3v) is 6.46. The normalized spacial score (nSPS) is 17.8. The summed E-state index contributed by atoms with van der Waals surface area (Å²) >= 11 is 0. The third kappa shape index (κ3) is 5.21. The number of aromatic nitrogens is 2. The smallest absolute Gasteiger partial charge is 0.241 e. The van der Waals surface area contributed by atoms with Gasteiger partial charge >= 0.3 is 0 Å². The molecule has 174 valence electrons. The van der Waals surface area contributed by atoms with E-state index in [1.54, 1.807) is 4.90 Å². The van der Waals surface area contributed by atoms with E-state index >= 15 is 0 Å². The molecule has 33 heavy (non-hydrogen) atoms. The molecule has 1 atom stereocenters. The molecule has 0 bridgehead atoms. The zero-order valence-corrected chi connectivity index (χ0v) is 19.6. The van der Waals surface area contributed by atoms with Crippen LogP contribution in [-0.2, 0) is 27.2 Å². The van der Waals surface area contributed by atoms with Crippen LogP contribution in [0.25, 0.3) is 0 Å². The summed E-state index contributed by atoms with van der Waals surface area (Å²) in [6, 6.07) is 8.35. The van der Waals surface area contributed by atoms with Crippen molar-refractivity contribution in [1.82, 2.24) is 20.2 Å². The number of likely N-dealkylation sites (tertiary alicyclic amines) is 1. The summed E-state index contributed by atoms with van der Waals surface area (Å²) in [4.78, 5) is 49.5. The zero-order chi connectivity index (χ0) is 23.5. The minimum Gasteiger partial charge on any atom is -0.347 e. The second-order valence-electron chi connectivity index (χ2n) is 8.99. The second-order valence-corrected chi connectivity index (χ2v) is 8.99. The summed E-state index contributed by atoms with van der Waals surface area (Å²) in [7, 11) is 0. The predicted molar refractivity (Wildman–Crippen MR) is 125 cm³/mol. The SMILES string of the molecule is CC(=O)NCC(=O)N1CCC(c2nc(C)c3c(n2)N(CCc2cccc(C)c2)C(=O)CC3)C1. The fourth-order valence-corrected chi connectivity index (χ4v) is 4.63. The molecule has 2 aliphatic heterocycles. The number of hydrogen-bond donors (Lipinski definition) is 1. The Morgan fingerprint density at radius 3 is 2.76 bits per heavy atom. The molecule has 1 unspecified atom stereocenters. The molecule has 1 aromatic carbocycles. The summed E-state index contributed by atoms with van der Waals surface area (Å²) in [6.45, 7) is 7.17. The Morgan fingerprint density at radius 2 is 2.00 bits per heavy atom. The molecule has 1 aromatic heterocycles. The number of fused-ring (bicyclic) bond motifs is 1. The average Bonchev–Trinajstić information content (AvgIpc) is 3.27. The van der Waals surface area contributed by atoms with Crippen molar-refractivity contribution in [2.75, 3.05) is 31.1 Å². The minimum atomic E-state index is -0.219. The molecule has 2 aromatic rings. The molecule has 8 nitrogen and oxygen atoms in total. The van der Waals surface area contributed by atoms with Gasteiger partial charge in [0, 0.05) is 50.2 Å². The number of aryl methyl sites for hydroxylation is 2. The predicted octanol–water partition coefficient (Wildman–Crippen LogP) is 2.07. The Labute approximate surface area is 194 Å². The lowest BCUT2D eigenvalue weighted by molar-refractivity contribution is -0.131. The van der Waals surface area contributed by atoms with Crippen LogP contribution < -0.4 is 10.2 Å². The van der Waals surface area contributed by atoms with Crippen LogP contribution >= 0.6 is 0 Å². The highest BCUT2D eigenvalue weighted by Crippen LogP contribution is 2.32. The topological polar surface area (TPSA) is 95.5 Å². The fraction of sp³-hybridized carbons (Fsp3) is 0.480. The number of nitrogens with one attached hydrogen (secondary N) is 1. The molecule has 0 spiro atoms. The summed E-state index contributed by atoms with van der Waals surface area (Å²) in [5.41, 5.74) is 4.35. The summed E-state index contributed by atoms with van der Waals surface area (Å²) in [5.74, 6) is 1.21. The van der Waals surface area contributed by atoms with Crippen LogP contribution in [0.4, 0.5) is 5.82 Å². The molecule has 0 radical (unpaired) electrons. The van der Waals surface area contributed by atoms with Crippen LogP contribution in [0.15, 0.2) is 24.3 Å². The van der Waals surface area contributed by atoms with Crippen molar-refractivity contribution in [3.8, 4) is 0 Å². The molecule has 1 N–H and O–H groups in total. The number of anilines is 1. The van der Waals surface area contributed by atoms with E-state index in [1.165, 1.54) is 18.1 Å². The first-order valence-corrected chi connectivity index (χ1v) is 11.6. The van der Waals surface area contributed by atoms with Gasteiger partial charge in [0.1, 0.15) is 11.6 Å². The number of carbonyl (C=O) groups excluding carboxylic acids is 3. The van der Waals surface area contributed by atoms with Crippen molar-refractivity contribution in [3.63, 3.8) is 0 Å². The van der Waals surface area contributed by atoms with Crippen LogP contribution in [0, 0.1) is 13.8 Å². The molecular weight excluding hydrogens is 418 g/mol. The quantitative estimate of drug-likeness (QED) is 0.728.